The molecular formula is C11H11F3N2O3. The summed E-state index contributed by atoms with van der Waals surface area (Å²) in [6.45, 7) is -0.105. The molecule has 0 unspecified atom stereocenters. The fourth-order valence-electron chi connectivity index (χ4n) is 1.24. The molecule has 0 saturated carbocycles. The number of ketones is 1. The summed E-state index contributed by atoms with van der Waals surface area (Å²) in [6.07, 6.45) is -6.06. The van der Waals surface area contributed by atoms with E-state index in [2.05, 4.69) is 4.98 Å². The Balaban J connectivity index is 2.75. The van der Waals surface area contributed by atoms with Gasteiger partial charge in [-0.15, -0.1) is 0 Å². The van der Waals surface area contributed by atoms with Gasteiger partial charge in [0.15, 0.2) is 5.78 Å². The van der Waals surface area contributed by atoms with E-state index >= 15 is 0 Å². The van der Waals surface area contributed by atoms with Crippen LogP contribution in [-0.2, 0) is 6.18 Å². The number of amides is 1. The average molecular weight is 276 g/mol. The first-order valence-corrected chi connectivity index (χ1v) is 5.23. The summed E-state index contributed by atoms with van der Waals surface area (Å²) in [5.41, 5.74) is -1.47. The van der Waals surface area contributed by atoms with Crippen LogP contribution >= 0.6 is 0 Å². The quantitative estimate of drug-likeness (QED) is 0.856. The zero-order valence-electron chi connectivity index (χ0n) is 9.94. The van der Waals surface area contributed by atoms with Gasteiger partial charge < -0.3 is 10.0 Å². The van der Waals surface area contributed by atoms with Crippen LogP contribution in [0.1, 0.15) is 22.6 Å². The first-order valence-electron chi connectivity index (χ1n) is 5.23. The first-order chi connectivity index (χ1) is 8.71. The molecule has 0 bridgehead atoms. The van der Waals surface area contributed by atoms with Crippen LogP contribution in [0.4, 0.5) is 18.0 Å². The van der Waals surface area contributed by atoms with Crippen molar-refractivity contribution in [2.75, 3.05) is 13.6 Å². The number of alkyl halides is 3. The lowest BCUT2D eigenvalue weighted by Gasteiger charge is -2.12. The molecule has 104 valence electrons. The predicted molar refractivity (Wildman–Crippen MR) is 58.8 cm³/mol. The molecule has 0 aromatic carbocycles. The molecule has 1 N–H and O–H groups in total. The van der Waals surface area contributed by atoms with Crippen molar-refractivity contribution < 1.29 is 27.9 Å². The molecule has 0 fully saturated rings. The molecule has 5 nitrogen and oxygen atoms in total. The minimum absolute atomic E-state index is 0.105. The Morgan fingerprint density at radius 2 is 2.00 bits per heavy atom. The molecule has 8 heteroatoms. The highest BCUT2D eigenvalue weighted by molar-refractivity contribution is 5.94. The van der Waals surface area contributed by atoms with Crippen molar-refractivity contribution in [3.05, 3.63) is 29.6 Å². The second kappa shape index (κ2) is 5.68. The number of pyridine rings is 1. The van der Waals surface area contributed by atoms with Gasteiger partial charge in [-0.1, -0.05) is 6.07 Å². The second-order valence-corrected chi connectivity index (χ2v) is 3.78. The summed E-state index contributed by atoms with van der Waals surface area (Å²) < 4.78 is 37.2. The maximum Gasteiger partial charge on any atom is 0.433 e. The van der Waals surface area contributed by atoms with Crippen LogP contribution in [0.25, 0.3) is 0 Å². The SMILES string of the molecule is CN(CCC(=O)c1cccc(C(F)(F)F)n1)C(=O)O. The average Bonchev–Trinajstić information content (AvgIpc) is 2.34. The molecule has 1 heterocycles. The van der Waals surface area contributed by atoms with Crippen molar-refractivity contribution in [1.29, 1.82) is 0 Å². The fraction of sp³-hybridized carbons (Fsp3) is 0.364. The number of carbonyl (C=O) groups is 2. The van der Waals surface area contributed by atoms with E-state index in [1.54, 1.807) is 0 Å². The van der Waals surface area contributed by atoms with E-state index in [-0.39, 0.29) is 18.7 Å². The summed E-state index contributed by atoms with van der Waals surface area (Å²) in [4.78, 5) is 26.2. The number of halogens is 3. The van der Waals surface area contributed by atoms with Crippen LogP contribution in [0.2, 0.25) is 0 Å². The molecule has 1 aromatic heterocycles. The van der Waals surface area contributed by atoms with Gasteiger partial charge in [0.05, 0.1) is 0 Å². The van der Waals surface area contributed by atoms with Crippen molar-refractivity contribution in [2.24, 2.45) is 0 Å². The van der Waals surface area contributed by atoms with Crippen LogP contribution in [0.3, 0.4) is 0 Å². The minimum atomic E-state index is -4.62. The molecular weight excluding hydrogens is 265 g/mol. The van der Waals surface area contributed by atoms with Crippen molar-refractivity contribution in [1.82, 2.24) is 9.88 Å². The Hall–Kier alpha value is -2.12. The molecule has 1 aromatic rings. The lowest BCUT2D eigenvalue weighted by molar-refractivity contribution is -0.141. The van der Waals surface area contributed by atoms with Gasteiger partial charge in [-0.25, -0.2) is 9.78 Å². The molecule has 0 aliphatic rings. The number of hydrogen-bond acceptors (Lipinski definition) is 3. The number of carbonyl (C=O) groups excluding carboxylic acids is 1. The summed E-state index contributed by atoms with van der Waals surface area (Å²) in [7, 11) is 1.26. The number of carboxylic acid groups (broad SMARTS) is 1. The Morgan fingerprint density at radius 3 is 2.53 bits per heavy atom. The van der Waals surface area contributed by atoms with Gasteiger partial charge in [-0.2, -0.15) is 13.2 Å². The van der Waals surface area contributed by atoms with Gasteiger partial charge in [0.2, 0.25) is 0 Å². The van der Waals surface area contributed by atoms with E-state index in [1.807, 2.05) is 0 Å². The summed E-state index contributed by atoms with van der Waals surface area (Å²) >= 11 is 0. The van der Waals surface area contributed by atoms with Crippen molar-refractivity contribution in [3.63, 3.8) is 0 Å². The number of rotatable bonds is 4. The van der Waals surface area contributed by atoms with E-state index in [9.17, 15) is 22.8 Å². The highest BCUT2D eigenvalue weighted by Crippen LogP contribution is 2.27. The van der Waals surface area contributed by atoms with E-state index in [0.29, 0.717) is 0 Å². The Labute approximate surface area is 106 Å². The topological polar surface area (TPSA) is 70.5 Å². The van der Waals surface area contributed by atoms with Gasteiger partial charge in [0.25, 0.3) is 0 Å². The first kappa shape index (κ1) is 14.9. The zero-order valence-corrected chi connectivity index (χ0v) is 9.94. The summed E-state index contributed by atoms with van der Waals surface area (Å²) in [6, 6.07) is 3.02. The number of aromatic nitrogens is 1. The van der Waals surface area contributed by atoms with Crippen molar-refractivity contribution >= 4 is 11.9 Å². The lowest BCUT2D eigenvalue weighted by Crippen LogP contribution is -2.27. The van der Waals surface area contributed by atoms with E-state index in [4.69, 9.17) is 5.11 Å². The number of nitrogens with zero attached hydrogens (tertiary/aromatic N) is 2. The molecule has 0 atom stereocenters. The molecule has 0 aliphatic carbocycles. The third-order valence-electron chi connectivity index (χ3n) is 2.33. The summed E-state index contributed by atoms with van der Waals surface area (Å²) in [5.74, 6) is -0.640. The monoisotopic (exact) mass is 276 g/mol. The highest BCUT2D eigenvalue weighted by atomic mass is 19.4. The zero-order chi connectivity index (χ0) is 14.6. The maximum atomic E-state index is 12.4. The van der Waals surface area contributed by atoms with Gasteiger partial charge in [-0.05, 0) is 12.1 Å². The number of Topliss-reactive ketones (excluding diaryl/α,β-unsaturated/α-hetero) is 1. The Kier molecular flexibility index (Phi) is 4.47. The molecule has 1 amide bonds. The van der Waals surface area contributed by atoms with Crippen LogP contribution in [0.15, 0.2) is 18.2 Å². The molecule has 19 heavy (non-hydrogen) atoms. The molecule has 0 saturated heterocycles. The highest BCUT2D eigenvalue weighted by Gasteiger charge is 2.32. The van der Waals surface area contributed by atoms with Crippen molar-refractivity contribution in [2.45, 2.75) is 12.6 Å². The van der Waals surface area contributed by atoms with E-state index < -0.39 is 23.7 Å². The molecule has 0 spiro atoms. The van der Waals surface area contributed by atoms with Gasteiger partial charge >= 0.3 is 12.3 Å². The maximum absolute atomic E-state index is 12.4. The molecule has 1 rings (SSSR count). The van der Waals surface area contributed by atoms with Crippen molar-refractivity contribution in [3.8, 4) is 0 Å². The third kappa shape index (κ3) is 4.23. The van der Waals surface area contributed by atoms with Gasteiger partial charge in [0.1, 0.15) is 11.4 Å². The third-order valence-corrected chi connectivity index (χ3v) is 2.33. The molecule has 0 aliphatic heterocycles. The van der Waals surface area contributed by atoms with E-state index in [0.717, 1.165) is 17.0 Å². The largest absolute Gasteiger partial charge is 0.465 e. The molecule has 0 radical (unpaired) electrons. The van der Waals surface area contributed by atoms with Crippen LogP contribution < -0.4 is 0 Å². The Bertz CT molecular complexity index is 488. The Morgan fingerprint density at radius 1 is 1.37 bits per heavy atom. The number of hydrogen-bond donors (Lipinski definition) is 1. The normalized spacial score (nSPS) is 11.2. The van der Waals surface area contributed by atoms with Crippen LogP contribution in [0, 0.1) is 0 Å². The van der Waals surface area contributed by atoms with Crippen LogP contribution in [-0.4, -0.2) is 40.5 Å². The standard InChI is InChI=1S/C11H11F3N2O3/c1-16(10(18)19)6-5-8(17)7-3-2-4-9(15-7)11(12,13)14/h2-4H,5-6H2,1H3,(H,18,19). The minimum Gasteiger partial charge on any atom is -0.465 e. The summed E-state index contributed by atoms with van der Waals surface area (Å²) in [5, 5.41) is 8.57. The van der Waals surface area contributed by atoms with Gasteiger partial charge in [0, 0.05) is 20.0 Å². The van der Waals surface area contributed by atoms with E-state index in [1.165, 1.54) is 13.1 Å². The predicted octanol–water partition coefficient (Wildman–Crippen LogP) is 2.28. The second-order valence-electron chi connectivity index (χ2n) is 3.78. The lowest BCUT2D eigenvalue weighted by atomic mass is 10.2. The van der Waals surface area contributed by atoms with Crippen LogP contribution in [0.5, 0.6) is 0 Å². The van der Waals surface area contributed by atoms with Gasteiger partial charge in [-0.3, -0.25) is 4.79 Å². The smallest absolute Gasteiger partial charge is 0.433 e. The fourth-order valence-corrected chi connectivity index (χ4v) is 1.24.